The Hall–Kier alpha value is -1.79. The summed E-state index contributed by atoms with van der Waals surface area (Å²) < 4.78 is 15.9. The lowest BCUT2D eigenvalue weighted by Crippen LogP contribution is -2.38. The van der Waals surface area contributed by atoms with Crippen molar-refractivity contribution in [1.29, 1.82) is 0 Å². The molecule has 0 unspecified atom stereocenters. The molecule has 0 saturated heterocycles. The number of hydrogen-bond donors (Lipinski definition) is 1. The van der Waals surface area contributed by atoms with Gasteiger partial charge < -0.3 is 24.4 Å². The molecule has 0 radical (unpaired) electrons. The van der Waals surface area contributed by atoms with E-state index in [1.165, 1.54) is 5.56 Å². The molecule has 0 atom stereocenters. The maximum Gasteiger partial charge on any atom is 0.194 e. The summed E-state index contributed by atoms with van der Waals surface area (Å²) in [7, 11) is 3.70. The first-order valence-corrected chi connectivity index (χ1v) is 8.49. The number of benzene rings is 1. The minimum atomic E-state index is 0.592. The van der Waals surface area contributed by atoms with E-state index in [-0.39, 0.29) is 0 Å². The van der Waals surface area contributed by atoms with E-state index in [2.05, 4.69) is 34.3 Å². The standard InChI is InChI=1S/C18H31N3O3/c1-5-19-18(20-11-12-23-14-13-22-4)21(3)15-16-7-9-17(10-8-16)24-6-2/h7-10H,5-6,11-15H2,1-4H3,(H,19,20). The smallest absolute Gasteiger partial charge is 0.194 e. The molecule has 1 rings (SSSR count). The molecule has 0 fully saturated rings. The van der Waals surface area contributed by atoms with Gasteiger partial charge in [0.25, 0.3) is 0 Å². The van der Waals surface area contributed by atoms with Crippen molar-refractivity contribution in [2.45, 2.75) is 20.4 Å². The molecular weight excluding hydrogens is 306 g/mol. The molecule has 24 heavy (non-hydrogen) atoms. The van der Waals surface area contributed by atoms with Crippen molar-refractivity contribution in [2.24, 2.45) is 4.99 Å². The fourth-order valence-electron chi connectivity index (χ4n) is 2.14. The Bertz CT molecular complexity index is 463. The maximum absolute atomic E-state index is 5.47. The summed E-state index contributed by atoms with van der Waals surface area (Å²) >= 11 is 0. The third kappa shape index (κ3) is 8.17. The molecule has 0 amide bonds. The van der Waals surface area contributed by atoms with Crippen LogP contribution < -0.4 is 10.1 Å². The van der Waals surface area contributed by atoms with Gasteiger partial charge in [0.05, 0.1) is 33.0 Å². The zero-order valence-electron chi connectivity index (χ0n) is 15.4. The Labute approximate surface area is 145 Å². The van der Waals surface area contributed by atoms with Crippen LogP contribution in [0.3, 0.4) is 0 Å². The number of rotatable bonds is 11. The highest BCUT2D eigenvalue weighted by molar-refractivity contribution is 5.79. The topological polar surface area (TPSA) is 55.3 Å². The van der Waals surface area contributed by atoms with Gasteiger partial charge in [0.1, 0.15) is 5.75 Å². The van der Waals surface area contributed by atoms with Gasteiger partial charge in [-0.3, -0.25) is 4.99 Å². The van der Waals surface area contributed by atoms with E-state index in [0.717, 1.165) is 24.8 Å². The van der Waals surface area contributed by atoms with E-state index in [1.807, 2.05) is 26.1 Å². The van der Waals surface area contributed by atoms with Crippen LogP contribution in [0.4, 0.5) is 0 Å². The van der Waals surface area contributed by atoms with E-state index >= 15 is 0 Å². The number of ether oxygens (including phenoxy) is 3. The molecule has 0 saturated carbocycles. The van der Waals surface area contributed by atoms with Crippen LogP contribution in [0.25, 0.3) is 0 Å². The summed E-state index contributed by atoms with van der Waals surface area (Å²) in [5.74, 6) is 1.78. The van der Waals surface area contributed by atoms with Gasteiger partial charge >= 0.3 is 0 Å². The predicted molar refractivity (Wildman–Crippen MR) is 97.8 cm³/mol. The number of nitrogens with zero attached hydrogens (tertiary/aromatic N) is 2. The van der Waals surface area contributed by atoms with Crippen LogP contribution in [0.2, 0.25) is 0 Å². The van der Waals surface area contributed by atoms with Gasteiger partial charge in [0.2, 0.25) is 0 Å². The third-order valence-corrected chi connectivity index (χ3v) is 3.28. The highest BCUT2D eigenvalue weighted by atomic mass is 16.5. The van der Waals surface area contributed by atoms with Crippen molar-refractivity contribution in [3.63, 3.8) is 0 Å². The van der Waals surface area contributed by atoms with Crippen LogP contribution in [0, 0.1) is 0 Å². The van der Waals surface area contributed by atoms with E-state index in [0.29, 0.717) is 33.0 Å². The summed E-state index contributed by atoms with van der Waals surface area (Å²) in [5, 5.41) is 3.31. The summed E-state index contributed by atoms with van der Waals surface area (Å²) in [6.45, 7) is 8.78. The second kappa shape index (κ2) is 12.6. The van der Waals surface area contributed by atoms with E-state index < -0.39 is 0 Å². The number of nitrogens with one attached hydrogen (secondary N) is 1. The highest BCUT2D eigenvalue weighted by Gasteiger charge is 2.06. The fourth-order valence-corrected chi connectivity index (χ4v) is 2.14. The molecule has 0 aliphatic heterocycles. The van der Waals surface area contributed by atoms with Crippen LogP contribution in [0.15, 0.2) is 29.3 Å². The Balaban J connectivity index is 2.50. The van der Waals surface area contributed by atoms with Crippen molar-refractivity contribution < 1.29 is 14.2 Å². The summed E-state index contributed by atoms with van der Waals surface area (Å²) in [6.07, 6.45) is 0. The van der Waals surface area contributed by atoms with Crippen molar-refractivity contribution in [3.05, 3.63) is 29.8 Å². The van der Waals surface area contributed by atoms with Gasteiger partial charge in [0.15, 0.2) is 5.96 Å². The molecule has 0 bridgehead atoms. The SMILES string of the molecule is CCNC(=NCCOCCOC)N(C)Cc1ccc(OCC)cc1. The van der Waals surface area contributed by atoms with Crippen LogP contribution in [0.1, 0.15) is 19.4 Å². The van der Waals surface area contributed by atoms with Gasteiger partial charge in [-0.05, 0) is 31.5 Å². The molecule has 1 aromatic rings. The average Bonchev–Trinajstić information content (AvgIpc) is 2.59. The first-order valence-electron chi connectivity index (χ1n) is 8.49. The van der Waals surface area contributed by atoms with Crippen LogP contribution in [0.5, 0.6) is 5.75 Å². The molecule has 0 aliphatic carbocycles. The van der Waals surface area contributed by atoms with Crippen LogP contribution >= 0.6 is 0 Å². The molecular formula is C18H31N3O3. The minimum Gasteiger partial charge on any atom is -0.494 e. The Morgan fingerprint density at radius 3 is 2.50 bits per heavy atom. The average molecular weight is 337 g/mol. The molecule has 0 aromatic heterocycles. The van der Waals surface area contributed by atoms with Crippen molar-refractivity contribution in [1.82, 2.24) is 10.2 Å². The van der Waals surface area contributed by atoms with Gasteiger partial charge in [-0.1, -0.05) is 12.1 Å². The highest BCUT2D eigenvalue weighted by Crippen LogP contribution is 2.13. The summed E-state index contributed by atoms with van der Waals surface area (Å²) in [4.78, 5) is 6.70. The minimum absolute atomic E-state index is 0.592. The fraction of sp³-hybridized carbons (Fsp3) is 0.611. The van der Waals surface area contributed by atoms with E-state index in [9.17, 15) is 0 Å². The monoisotopic (exact) mass is 337 g/mol. The molecule has 6 nitrogen and oxygen atoms in total. The Kier molecular flexibility index (Phi) is 10.6. The zero-order valence-corrected chi connectivity index (χ0v) is 15.4. The Morgan fingerprint density at radius 2 is 1.88 bits per heavy atom. The number of aliphatic imine (C=N–C) groups is 1. The maximum atomic E-state index is 5.47. The summed E-state index contributed by atoms with van der Waals surface area (Å²) in [6, 6.07) is 8.17. The van der Waals surface area contributed by atoms with E-state index in [1.54, 1.807) is 7.11 Å². The van der Waals surface area contributed by atoms with Gasteiger partial charge in [0, 0.05) is 27.2 Å². The second-order valence-electron chi connectivity index (χ2n) is 5.27. The van der Waals surface area contributed by atoms with Crippen LogP contribution in [-0.2, 0) is 16.0 Å². The lowest BCUT2D eigenvalue weighted by atomic mass is 10.2. The van der Waals surface area contributed by atoms with Crippen molar-refractivity contribution in [3.8, 4) is 5.75 Å². The summed E-state index contributed by atoms with van der Waals surface area (Å²) in [5.41, 5.74) is 1.21. The van der Waals surface area contributed by atoms with Crippen molar-refractivity contribution in [2.75, 3.05) is 53.7 Å². The number of methoxy groups -OCH3 is 1. The zero-order chi connectivity index (χ0) is 17.6. The molecule has 0 heterocycles. The van der Waals surface area contributed by atoms with E-state index in [4.69, 9.17) is 14.2 Å². The first-order chi connectivity index (χ1) is 11.7. The lowest BCUT2D eigenvalue weighted by molar-refractivity contribution is 0.0747. The third-order valence-electron chi connectivity index (χ3n) is 3.28. The Morgan fingerprint density at radius 1 is 1.12 bits per heavy atom. The van der Waals surface area contributed by atoms with Gasteiger partial charge in [-0.2, -0.15) is 0 Å². The molecule has 6 heteroatoms. The second-order valence-corrected chi connectivity index (χ2v) is 5.27. The first kappa shape index (κ1) is 20.3. The lowest BCUT2D eigenvalue weighted by Gasteiger charge is -2.22. The number of guanidine groups is 1. The van der Waals surface area contributed by atoms with Gasteiger partial charge in [-0.25, -0.2) is 0 Å². The molecule has 1 aromatic carbocycles. The quantitative estimate of drug-likeness (QED) is 0.381. The largest absolute Gasteiger partial charge is 0.494 e. The predicted octanol–water partition coefficient (Wildman–Crippen LogP) is 2.15. The number of hydrogen-bond acceptors (Lipinski definition) is 4. The van der Waals surface area contributed by atoms with Crippen molar-refractivity contribution >= 4 is 5.96 Å². The van der Waals surface area contributed by atoms with Crippen LogP contribution in [-0.4, -0.2) is 64.5 Å². The molecule has 0 spiro atoms. The molecule has 136 valence electrons. The normalized spacial score (nSPS) is 11.4. The van der Waals surface area contributed by atoms with Gasteiger partial charge in [-0.15, -0.1) is 0 Å². The molecule has 0 aliphatic rings. The molecule has 1 N–H and O–H groups in total.